The predicted molar refractivity (Wildman–Crippen MR) is 71.1 cm³/mol. The van der Waals surface area contributed by atoms with E-state index >= 15 is 0 Å². The minimum absolute atomic E-state index is 0.0792. The lowest BCUT2D eigenvalue weighted by Crippen LogP contribution is -2.43. The van der Waals surface area contributed by atoms with Crippen LogP contribution in [-0.2, 0) is 11.2 Å². The van der Waals surface area contributed by atoms with Crippen LogP contribution in [0.1, 0.15) is 12.5 Å². The summed E-state index contributed by atoms with van der Waals surface area (Å²) in [6, 6.07) is 5.66. The predicted octanol–water partition coefficient (Wildman–Crippen LogP) is 1.37. The topological polar surface area (TPSA) is 50.4 Å². The van der Waals surface area contributed by atoms with Crippen molar-refractivity contribution in [3.8, 4) is 5.75 Å². The first-order valence-corrected chi connectivity index (χ1v) is 6.38. The number of rotatable bonds is 4. The number of benzene rings is 1. The second kappa shape index (κ2) is 5.59. The molecule has 0 saturated heterocycles. The molecule has 2 rings (SSSR count). The van der Waals surface area contributed by atoms with Gasteiger partial charge in [-0.05, 0) is 37.7 Å². The van der Waals surface area contributed by atoms with Crippen LogP contribution in [0.5, 0.6) is 5.75 Å². The Morgan fingerprint density at radius 1 is 1.61 bits per heavy atom. The fourth-order valence-electron chi connectivity index (χ4n) is 1.83. The van der Waals surface area contributed by atoms with E-state index in [1.807, 2.05) is 20.0 Å². The monoisotopic (exact) mass is 268 g/mol. The van der Waals surface area contributed by atoms with Crippen LogP contribution in [0.4, 0.5) is 0 Å². The van der Waals surface area contributed by atoms with Crippen LogP contribution < -0.4 is 15.4 Å². The second-order valence-electron chi connectivity index (χ2n) is 4.50. The number of fused-ring (bicyclic) bond motifs is 1. The molecule has 2 N–H and O–H groups in total. The van der Waals surface area contributed by atoms with Crippen molar-refractivity contribution >= 4 is 17.5 Å². The lowest BCUT2D eigenvalue weighted by atomic mass is 10.1. The van der Waals surface area contributed by atoms with E-state index in [1.54, 1.807) is 12.1 Å². The Hall–Kier alpha value is -1.26. The largest absolute Gasteiger partial charge is 0.480 e. The molecule has 2 unspecified atom stereocenters. The molecule has 0 saturated carbocycles. The Kier molecular flexibility index (Phi) is 4.09. The van der Waals surface area contributed by atoms with E-state index in [0.717, 1.165) is 11.3 Å². The van der Waals surface area contributed by atoms with Crippen LogP contribution in [-0.4, -0.2) is 31.6 Å². The van der Waals surface area contributed by atoms with Gasteiger partial charge in [-0.1, -0.05) is 11.6 Å². The van der Waals surface area contributed by atoms with Gasteiger partial charge in [0.25, 0.3) is 5.91 Å². The highest BCUT2D eigenvalue weighted by atomic mass is 35.5. The molecule has 1 aromatic carbocycles. The summed E-state index contributed by atoms with van der Waals surface area (Å²) in [5, 5.41) is 6.60. The van der Waals surface area contributed by atoms with E-state index in [0.29, 0.717) is 18.0 Å². The number of halogens is 1. The molecule has 18 heavy (non-hydrogen) atoms. The highest BCUT2D eigenvalue weighted by Gasteiger charge is 2.29. The molecule has 4 nitrogen and oxygen atoms in total. The maximum atomic E-state index is 11.9. The molecule has 0 radical (unpaired) electrons. The van der Waals surface area contributed by atoms with Gasteiger partial charge in [-0.2, -0.15) is 0 Å². The van der Waals surface area contributed by atoms with Gasteiger partial charge in [-0.3, -0.25) is 4.79 Å². The molecule has 1 amide bonds. The van der Waals surface area contributed by atoms with E-state index in [2.05, 4.69) is 10.6 Å². The van der Waals surface area contributed by atoms with Crippen LogP contribution in [0, 0.1) is 0 Å². The third-order valence-corrected chi connectivity index (χ3v) is 3.30. The van der Waals surface area contributed by atoms with Crippen LogP contribution in [0.3, 0.4) is 0 Å². The number of carbonyl (C=O) groups is 1. The average molecular weight is 269 g/mol. The zero-order valence-corrected chi connectivity index (χ0v) is 11.3. The molecule has 1 aromatic rings. The summed E-state index contributed by atoms with van der Waals surface area (Å²) < 4.78 is 5.60. The van der Waals surface area contributed by atoms with Crippen molar-refractivity contribution in [2.75, 3.05) is 13.6 Å². The Morgan fingerprint density at radius 3 is 3.11 bits per heavy atom. The van der Waals surface area contributed by atoms with Crippen LogP contribution >= 0.6 is 11.6 Å². The van der Waals surface area contributed by atoms with E-state index in [-0.39, 0.29) is 11.9 Å². The van der Waals surface area contributed by atoms with Gasteiger partial charge in [-0.15, -0.1) is 0 Å². The molecule has 0 aliphatic carbocycles. The molecule has 5 heteroatoms. The van der Waals surface area contributed by atoms with E-state index in [1.165, 1.54) is 0 Å². The highest BCUT2D eigenvalue weighted by Crippen LogP contribution is 2.30. The van der Waals surface area contributed by atoms with E-state index < -0.39 is 6.10 Å². The van der Waals surface area contributed by atoms with Crippen LogP contribution in [0.25, 0.3) is 0 Å². The maximum Gasteiger partial charge on any atom is 0.261 e. The van der Waals surface area contributed by atoms with E-state index in [4.69, 9.17) is 16.3 Å². The van der Waals surface area contributed by atoms with Crippen molar-refractivity contribution in [3.05, 3.63) is 28.8 Å². The molecule has 0 aromatic heterocycles. The lowest BCUT2D eigenvalue weighted by molar-refractivity contribution is -0.127. The van der Waals surface area contributed by atoms with Gasteiger partial charge in [0.15, 0.2) is 6.10 Å². The third kappa shape index (κ3) is 2.94. The van der Waals surface area contributed by atoms with Crippen molar-refractivity contribution in [1.29, 1.82) is 0 Å². The zero-order chi connectivity index (χ0) is 13.1. The standard InChI is InChI=1S/C13H17ClN2O2/c1-8(15-2)7-16-13(17)12-6-9-5-10(14)3-4-11(9)18-12/h3-5,8,12,15H,6-7H2,1-2H3,(H,16,17). The van der Waals surface area contributed by atoms with Gasteiger partial charge in [0.1, 0.15) is 5.75 Å². The first-order chi connectivity index (χ1) is 8.60. The van der Waals surface area contributed by atoms with Gasteiger partial charge < -0.3 is 15.4 Å². The normalized spacial score (nSPS) is 18.9. The summed E-state index contributed by atoms with van der Waals surface area (Å²) in [5.74, 6) is 0.672. The summed E-state index contributed by atoms with van der Waals surface area (Å²) in [5.41, 5.74) is 0.990. The van der Waals surface area contributed by atoms with Crippen molar-refractivity contribution in [2.45, 2.75) is 25.5 Å². The number of nitrogens with one attached hydrogen (secondary N) is 2. The van der Waals surface area contributed by atoms with Crippen LogP contribution in [0.2, 0.25) is 5.02 Å². The van der Waals surface area contributed by atoms with Gasteiger partial charge in [0, 0.05) is 24.0 Å². The summed E-state index contributed by atoms with van der Waals surface area (Å²) in [7, 11) is 1.86. The maximum absolute atomic E-state index is 11.9. The average Bonchev–Trinajstić information content (AvgIpc) is 2.78. The van der Waals surface area contributed by atoms with Crippen molar-refractivity contribution in [2.24, 2.45) is 0 Å². The smallest absolute Gasteiger partial charge is 0.261 e. The molecule has 1 heterocycles. The van der Waals surface area contributed by atoms with Gasteiger partial charge in [-0.25, -0.2) is 0 Å². The summed E-state index contributed by atoms with van der Waals surface area (Å²) in [4.78, 5) is 11.9. The number of carbonyl (C=O) groups excluding carboxylic acids is 1. The van der Waals surface area contributed by atoms with Gasteiger partial charge in [0.2, 0.25) is 0 Å². The number of hydrogen-bond donors (Lipinski definition) is 2. The molecule has 0 spiro atoms. The summed E-state index contributed by atoms with van der Waals surface area (Å²) in [6.07, 6.45) is 0.137. The van der Waals surface area contributed by atoms with Crippen molar-refractivity contribution in [3.63, 3.8) is 0 Å². The molecule has 0 fully saturated rings. The molecule has 2 atom stereocenters. The SMILES string of the molecule is CNC(C)CNC(=O)C1Cc2cc(Cl)ccc2O1. The molecule has 1 aliphatic heterocycles. The van der Waals surface area contributed by atoms with Gasteiger partial charge >= 0.3 is 0 Å². The molecule has 1 aliphatic rings. The second-order valence-corrected chi connectivity index (χ2v) is 4.93. The number of likely N-dealkylation sites (N-methyl/N-ethyl adjacent to an activating group) is 1. The van der Waals surface area contributed by atoms with E-state index in [9.17, 15) is 4.79 Å². The highest BCUT2D eigenvalue weighted by molar-refractivity contribution is 6.30. The number of amides is 1. The molecular weight excluding hydrogens is 252 g/mol. The number of hydrogen-bond acceptors (Lipinski definition) is 3. The quantitative estimate of drug-likeness (QED) is 0.867. The number of ether oxygens (including phenoxy) is 1. The van der Waals surface area contributed by atoms with Crippen molar-refractivity contribution in [1.82, 2.24) is 10.6 Å². The minimum Gasteiger partial charge on any atom is -0.480 e. The molecule has 0 bridgehead atoms. The first kappa shape index (κ1) is 13.2. The Morgan fingerprint density at radius 2 is 2.39 bits per heavy atom. The molecular formula is C13H17ClN2O2. The van der Waals surface area contributed by atoms with Crippen molar-refractivity contribution < 1.29 is 9.53 Å². The molecule has 98 valence electrons. The summed E-state index contributed by atoms with van der Waals surface area (Å²) >= 11 is 5.91. The Bertz CT molecular complexity index is 451. The third-order valence-electron chi connectivity index (χ3n) is 3.06. The fraction of sp³-hybridized carbons (Fsp3) is 0.462. The summed E-state index contributed by atoms with van der Waals surface area (Å²) in [6.45, 7) is 2.59. The fourth-order valence-corrected chi connectivity index (χ4v) is 2.03. The minimum atomic E-state index is -0.442. The first-order valence-electron chi connectivity index (χ1n) is 6.00. The Balaban J connectivity index is 1.92. The van der Waals surface area contributed by atoms with Crippen LogP contribution in [0.15, 0.2) is 18.2 Å². The lowest BCUT2D eigenvalue weighted by Gasteiger charge is -2.14. The Labute approximate surface area is 112 Å². The van der Waals surface area contributed by atoms with Gasteiger partial charge in [0.05, 0.1) is 0 Å². The zero-order valence-electron chi connectivity index (χ0n) is 10.5.